The van der Waals surface area contributed by atoms with E-state index in [2.05, 4.69) is 4.98 Å². The molecule has 1 aromatic heterocycles. The van der Waals surface area contributed by atoms with Gasteiger partial charge in [0.1, 0.15) is 5.69 Å². The number of rotatable bonds is 2. The number of para-hydroxylation sites is 1. The molecule has 15 heavy (non-hydrogen) atoms. The smallest absolute Gasteiger partial charge is 0.338 e. The predicted octanol–water partition coefficient (Wildman–Crippen LogP) is 0.965. The van der Waals surface area contributed by atoms with E-state index >= 15 is 0 Å². The summed E-state index contributed by atoms with van der Waals surface area (Å²) >= 11 is 0. The third-order valence-corrected chi connectivity index (χ3v) is 2.17. The van der Waals surface area contributed by atoms with Crippen molar-refractivity contribution >= 4 is 22.8 Å². The van der Waals surface area contributed by atoms with Gasteiger partial charge in [0, 0.05) is 10.9 Å². The average Bonchev–Trinajstić information content (AvgIpc) is 2.56. The van der Waals surface area contributed by atoms with Gasteiger partial charge < -0.3 is 15.8 Å². The lowest BCUT2D eigenvalue weighted by atomic mass is 10.1. The normalized spacial score (nSPS) is 10.4. The van der Waals surface area contributed by atoms with Gasteiger partial charge in [-0.2, -0.15) is 0 Å². The molecule has 2 rings (SSSR count). The minimum absolute atomic E-state index is 0.0660. The topological polar surface area (TPSA) is 96.2 Å². The molecule has 0 aliphatic carbocycles. The lowest BCUT2D eigenvalue weighted by molar-refractivity contribution is 0.0694. The number of primary amides is 1. The minimum atomic E-state index is -1.17. The van der Waals surface area contributed by atoms with Crippen molar-refractivity contribution in [2.24, 2.45) is 5.73 Å². The summed E-state index contributed by atoms with van der Waals surface area (Å²) in [5.74, 6) is -1.94. The lowest BCUT2D eigenvalue weighted by Gasteiger charge is -1.93. The highest BCUT2D eigenvalue weighted by Crippen LogP contribution is 2.21. The molecule has 2 aromatic rings. The number of carboxylic acids is 1. The van der Waals surface area contributed by atoms with Crippen molar-refractivity contribution in [3.8, 4) is 0 Å². The number of nitrogens with two attached hydrogens (primary N) is 1. The summed E-state index contributed by atoms with van der Waals surface area (Å²) in [6, 6.07) is 6.76. The van der Waals surface area contributed by atoms with E-state index in [1.54, 1.807) is 24.3 Å². The van der Waals surface area contributed by atoms with Crippen LogP contribution in [0.1, 0.15) is 20.8 Å². The number of carbonyl (C=O) groups excluding carboxylic acids is 1. The fourth-order valence-electron chi connectivity index (χ4n) is 1.55. The van der Waals surface area contributed by atoms with Gasteiger partial charge in [0.2, 0.25) is 0 Å². The zero-order valence-corrected chi connectivity index (χ0v) is 7.65. The van der Waals surface area contributed by atoms with E-state index in [4.69, 9.17) is 10.8 Å². The van der Waals surface area contributed by atoms with Crippen molar-refractivity contribution in [1.29, 1.82) is 0 Å². The summed E-state index contributed by atoms with van der Waals surface area (Å²) < 4.78 is 0. The van der Waals surface area contributed by atoms with Crippen LogP contribution < -0.4 is 5.73 Å². The summed E-state index contributed by atoms with van der Waals surface area (Å²) in [4.78, 5) is 24.7. The molecular formula is C10H8N2O3. The molecule has 76 valence electrons. The van der Waals surface area contributed by atoms with Crippen LogP contribution in [0.2, 0.25) is 0 Å². The summed E-state index contributed by atoms with van der Waals surface area (Å²) in [6.07, 6.45) is 0. The molecule has 0 bridgehead atoms. The highest BCUT2D eigenvalue weighted by Gasteiger charge is 2.20. The van der Waals surface area contributed by atoms with Crippen molar-refractivity contribution in [2.75, 3.05) is 0 Å². The number of fused-ring (bicyclic) bond motifs is 1. The van der Waals surface area contributed by atoms with E-state index in [-0.39, 0.29) is 11.3 Å². The monoisotopic (exact) mass is 204 g/mol. The Labute approximate surface area is 84.5 Å². The number of hydrogen-bond donors (Lipinski definition) is 3. The Kier molecular flexibility index (Phi) is 1.93. The van der Waals surface area contributed by atoms with E-state index in [0.717, 1.165) is 0 Å². The van der Waals surface area contributed by atoms with Gasteiger partial charge in [0.15, 0.2) is 0 Å². The Morgan fingerprint density at radius 1 is 1.27 bits per heavy atom. The average molecular weight is 204 g/mol. The molecule has 5 heteroatoms. The van der Waals surface area contributed by atoms with Crippen LogP contribution in [-0.2, 0) is 0 Å². The summed E-state index contributed by atoms with van der Waals surface area (Å²) in [5.41, 5.74) is 5.53. The van der Waals surface area contributed by atoms with Crippen LogP contribution in [0, 0.1) is 0 Å². The van der Waals surface area contributed by atoms with Gasteiger partial charge >= 0.3 is 5.97 Å². The van der Waals surface area contributed by atoms with Crippen LogP contribution in [0.25, 0.3) is 10.9 Å². The maximum atomic E-state index is 11.0. The van der Waals surface area contributed by atoms with Crippen LogP contribution in [0.4, 0.5) is 0 Å². The second kappa shape index (κ2) is 3.13. The second-order valence-electron chi connectivity index (χ2n) is 3.09. The fourth-order valence-corrected chi connectivity index (χ4v) is 1.55. The number of carboxylic acid groups (broad SMARTS) is 1. The summed E-state index contributed by atoms with van der Waals surface area (Å²) in [5, 5.41) is 9.46. The molecule has 0 radical (unpaired) electrons. The zero-order chi connectivity index (χ0) is 11.0. The van der Waals surface area contributed by atoms with Gasteiger partial charge in [0.05, 0.1) is 5.56 Å². The Morgan fingerprint density at radius 3 is 2.53 bits per heavy atom. The van der Waals surface area contributed by atoms with Crippen molar-refractivity contribution in [1.82, 2.24) is 4.98 Å². The van der Waals surface area contributed by atoms with Crippen molar-refractivity contribution < 1.29 is 14.7 Å². The van der Waals surface area contributed by atoms with Crippen molar-refractivity contribution in [3.05, 3.63) is 35.5 Å². The fraction of sp³-hybridized carbons (Fsp3) is 0. The molecule has 1 amide bonds. The molecule has 0 spiro atoms. The number of aromatic nitrogens is 1. The first-order chi connectivity index (χ1) is 7.11. The number of aromatic amines is 1. The molecule has 0 aliphatic rings. The number of nitrogens with one attached hydrogen (secondary N) is 1. The third kappa shape index (κ3) is 1.34. The highest BCUT2D eigenvalue weighted by molar-refractivity contribution is 6.12. The number of H-pyrrole nitrogens is 1. The number of carbonyl (C=O) groups is 2. The molecule has 5 nitrogen and oxygen atoms in total. The Hall–Kier alpha value is -2.30. The van der Waals surface area contributed by atoms with Crippen LogP contribution >= 0.6 is 0 Å². The third-order valence-electron chi connectivity index (χ3n) is 2.17. The van der Waals surface area contributed by atoms with Gasteiger partial charge in [-0.25, -0.2) is 4.79 Å². The van der Waals surface area contributed by atoms with Gasteiger partial charge in [-0.05, 0) is 6.07 Å². The lowest BCUT2D eigenvalue weighted by Crippen LogP contribution is -2.15. The number of amides is 1. The molecular weight excluding hydrogens is 196 g/mol. The van der Waals surface area contributed by atoms with Crippen molar-refractivity contribution in [3.63, 3.8) is 0 Å². The Balaban J connectivity index is 2.86. The second-order valence-corrected chi connectivity index (χ2v) is 3.09. The largest absolute Gasteiger partial charge is 0.478 e. The van der Waals surface area contributed by atoms with E-state index in [1.807, 2.05) is 0 Å². The molecule has 0 saturated heterocycles. The first-order valence-electron chi connectivity index (χ1n) is 4.25. The molecule has 4 N–H and O–H groups in total. The van der Waals surface area contributed by atoms with Crippen LogP contribution in [-0.4, -0.2) is 22.0 Å². The quantitative estimate of drug-likeness (QED) is 0.679. The number of aromatic carboxylic acids is 1. The number of hydrogen-bond acceptors (Lipinski definition) is 2. The standard InChI is InChI=1S/C10H8N2O3/c11-9(13)8-7(10(14)15)5-3-1-2-4-6(5)12-8/h1-4,12H,(H2,11,13)(H,14,15). The SMILES string of the molecule is NC(=O)c1[nH]c2ccccc2c1C(=O)O. The molecule has 0 unspecified atom stereocenters. The first kappa shape index (κ1) is 9.26. The maximum Gasteiger partial charge on any atom is 0.338 e. The van der Waals surface area contributed by atoms with Gasteiger partial charge in [-0.3, -0.25) is 4.79 Å². The summed E-state index contributed by atoms with van der Waals surface area (Å²) in [6.45, 7) is 0. The minimum Gasteiger partial charge on any atom is -0.478 e. The molecule has 0 aliphatic heterocycles. The van der Waals surface area contributed by atoms with Crippen molar-refractivity contribution in [2.45, 2.75) is 0 Å². The molecule has 1 heterocycles. The van der Waals surface area contributed by atoms with E-state index in [9.17, 15) is 9.59 Å². The zero-order valence-electron chi connectivity index (χ0n) is 7.65. The molecule has 0 atom stereocenters. The van der Waals surface area contributed by atoms with E-state index in [1.165, 1.54) is 0 Å². The summed E-state index contributed by atoms with van der Waals surface area (Å²) in [7, 11) is 0. The van der Waals surface area contributed by atoms with Gasteiger partial charge in [-0.1, -0.05) is 18.2 Å². The van der Waals surface area contributed by atoms with Gasteiger partial charge in [0.25, 0.3) is 5.91 Å². The number of benzene rings is 1. The maximum absolute atomic E-state index is 11.0. The van der Waals surface area contributed by atoms with Crippen LogP contribution in [0.15, 0.2) is 24.3 Å². The first-order valence-corrected chi connectivity index (χ1v) is 4.25. The predicted molar refractivity (Wildman–Crippen MR) is 53.8 cm³/mol. The molecule has 0 fully saturated rings. The van der Waals surface area contributed by atoms with Crippen LogP contribution in [0.5, 0.6) is 0 Å². The highest BCUT2D eigenvalue weighted by atomic mass is 16.4. The Morgan fingerprint density at radius 2 is 1.93 bits per heavy atom. The van der Waals surface area contributed by atoms with E-state index < -0.39 is 11.9 Å². The van der Waals surface area contributed by atoms with Gasteiger partial charge in [-0.15, -0.1) is 0 Å². The molecule has 1 aromatic carbocycles. The van der Waals surface area contributed by atoms with E-state index in [0.29, 0.717) is 10.9 Å². The molecule has 0 saturated carbocycles. The Bertz CT molecular complexity index is 557. The van der Waals surface area contributed by atoms with Crippen LogP contribution in [0.3, 0.4) is 0 Å².